The molecule has 3 atom stereocenters. The number of hydrazine groups is 1. The van der Waals surface area contributed by atoms with Crippen LogP contribution < -0.4 is 5.01 Å². The molecule has 4 nitrogen and oxygen atoms in total. The van der Waals surface area contributed by atoms with E-state index in [0.717, 1.165) is 32.7 Å². The molecule has 0 spiro atoms. The van der Waals surface area contributed by atoms with Crippen molar-refractivity contribution in [2.45, 2.75) is 32.0 Å². The van der Waals surface area contributed by atoms with Crippen molar-refractivity contribution < 1.29 is 4.74 Å². The van der Waals surface area contributed by atoms with E-state index in [-0.39, 0.29) is 5.66 Å². The fourth-order valence-electron chi connectivity index (χ4n) is 5.65. The van der Waals surface area contributed by atoms with Gasteiger partial charge in [-0.2, -0.15) is 0 Å². The monoisotopic (exact) mass is 375 g/mol. The van der Waals surface area contributed by atoms with Crippen LogP contribution in [-0.2, 0) is 4.74 Å². The molecule has 3 aliphatic heterocycles. The summed E-state index contributed by atoms with van der Waals surface area (Å²) in [6.07, 6.45) is 5.61. The lowest BCUT2D eigenvalue weighted by Crippen LogP contribution is -2.64. The zero-order chi connectivity index (χ0) is 19.1. The molecule has 2 saturated heterocycles. The van der Waals surface area contributed by atoms with E-state index in [1.54, 1.807) is 0 Å². The molecule has 0 amide bonds. The van der Waals surface area contributed by atoms with Gasteiger partial charge >= 0.3 is 0 Å². The Morgan fingerprint density at radius 2 is 1.71 bits per heavy atom. The van der Waals surface area contributed by atoms with Crippen LogP contribution in [0.15, 0.2) is 60.8 Å². The number of rotatable bonds is 3. The first-order chi connectivity index (χ1) is 13.8. The quantitative estimate of drug-likeness (QED) is 0.785. The molecular formula is C24H29N3O. The van der Waals surface area contributed by atoms with Gasteiger partial charge in [0.05, 0.1) is 24.9 Å². The van der Waals surface area contributed by atoms with Crippen molar-refractivity contribution in [3.8, 4) is 0 Å². The predicted octanol–water partition coefficient (Wildman–Crippen LogP) is 4.52. The number of fused-ring (bicyclic) bond motifs is 3. The Hall–Kier alpha value is -2.30. The molecule has 0 saturated carbocycles. The predicted molar refractivity (Wildman–Crippen MR) is 114 cm³/mol. The normalized spacial score (nSPS) is 29.6. The summed E-state index contributed by atoms with van der Waals surface area (Å²) in [6, 6.07) is 20.1. The zero-order valence-corrected chi connectivity index (χ0v) is 16.8. The van der Waals surface area contributed by atoms with Crippen molar-refractivity contribution in [1.29, 1.82) is 0 Å². The number of hydrogen-bond acceptors (Lipinski definition) is 4. The number of anilines is 1. The molecule has 2 aromatic carbocycles. The summed E-state index contributed by atoms with van der Waals surface area (Å²) in [4.78, 5) is 2.67. The van der Waals surface area contributed by atoms with Crippen LogP contribution in [0.1, 0.15) is 37.4 Å². The zero-order valence-electron chi connectivity index (χ0n) is 16.8. The second kappa shape index (κ2) is 6.94. The molecule has 2 aromatic rings. The molecule has 0 radical (unpaired) electrons. The molecule has 2 fully saturated rings. The standard InChI is InChI=1S/C24H29N3O/c1-3-24(25-15-17-28-18-16-25)19(2)23-22-12-8-7-9-20(22)13-14-26(23)27(24)21-10-5-4-6-11-21/h4-14,19,23H,3,15-18H2,1-2H3/t19-,23+,24-/m1/s1. The average Bonchev–Trinajstić information content (AvgIpc) is 3.04. The van der Waals surface area contributed by atoms with Gasteiger partial charge in [0.15, 0.2) is 0 Å². The maximum absolute atomic E-state index is 5.71. The van der Waals surface area contributed by atoms with Crippen LogP contribution >= 0.6 is 0 Å². The van der Waals surface area contributed by atoms with Gasteiger partial charge < -0.3 is 4.74 Å². The van der Waals surface area contributed by atoms with Gasteiger partial charge in [0.1, 0.15) is 5.66 Å². The first-order valence-corrected chi connectivity index (χ1v) is 10.5. The van der Waals surface area contributed by atoms with E-state index in [9.17, 15) is 0 Å². The summed E-state index contributed by atoms with van der Waals surface area (Å²) in [6.45, 7) is 8.37. The van der Waals surface area contributed by atoms with Gasteiger partial charge in [0, 0.05) is 25.2 Å². The summed E-state index contributed by atoms with van der Waals surface area (Å²) in [5.41, 5.74) is 3.96. The topological polar surface area (TPSA) is 19.0 Å². The lowest BCUT2D eigenvalue weighted by molar-refractivity contribution is -0.0395. The second-order valence-corrected chi connectivity index (χ2v) is 8.04. The van der Waals surface area contributed by atoms with E-state index in [1.165, 1.54) is 16.8 Å². The maximum Gasteiger partial charge on any atom is 0.118 e. The van der Waals surface area contributed by atoms with E-state index in [4.69, 9.17) is 4.74 Å². The Labute approximate surface area is 168 Å². The van der Waals surface area contributed by atoms with Gasteiger partial charge in [-0.1, -0.05) is 56.3 Å². The van der Waals surface area contributed by atoms with Crippen LogP contribution in [-0.4, -0.2) is 41.9 Å². The van der Waals surface area contributed by atoms with E-state index in [0.29, 0.717) is 12.0 Å². The third-order valence-electron chi connectivity index (χ3n) is 6.89. The second-order valence-electron chi connectivity index (χ2n) is 8.04. The molecule has 4 heteroatoms. The number of benzene rings is 2. The fraction of sp³-hybridized carbons (Fsp3) is 0.417. The summed E-state index contributed by atoms with van der Waals surface area (Å²) >= 11 is 0. The van der Waals surface area contributed by atoms with Gasteiger partial charge in [0.2, 0.25) is 0 Å². The minimum absolute atomic E-state index is 0.0718. The number of ether oxygens (including phenoxy) is 1. The van der Waals surface area contributed by atoms with Crippen molar-refractivity contribution in [3.05, 3.63) is 71.9 Å². The molecule has 28 heavy (non-hydrogen) atoms. The summed E-state index contributed by atoms with van der Waals surface area (Å²) in [5.74, 6) is 0.446. The lowest BCUT2D eigenvalue weighted by atomic mass is 9.80. The molecule has 146 valence electrons. The van der Waals surface area contributed by atoms with Gasteiger partial charge in [-0.15, -0.1) is 0 Å². The summed E-state index contributed by atoms with van der Waals surface area (Å²) in [7, 11) is 0. The minimum Gasteiger partial charge on any atom is -0.379 e. The van der Waals surface area contributed by atoms with Crippen molar-refractivity contribution in [1.82, 2.24) is 9.91 Å². The van der Waals surface area contributed by atoms with Crippen molar-refractivity contribution in [3.63, 3.8) is 0 Å². The highest BCUT2D eigenvalue weighted by molar-refractivity contribution is 5.61. The van der Waals surface area contributed by atoms with Gasteiger partial charge in [-0.25, -0.2) is 0 Å². The van der Waals surface area contributed by atoms with Gasteiger partial charge in [0.25, 0.3) is 0 Å². The minimum atomic E-state index is -0.0718. The van der Waals surface area contributed by atoms with Crippen LogP contribution in [0.25, 0.3) is 6.08 Å². The highest BCUT2D eigenvalue weighted by Gasteiger charge is 2.58. The number of para-hydroxylation sites is 1. The lowest BCUT2D eigenvalue weighted by Gasteiger charge is -2.51. The smallest absolute Gasteiger partial charge is 0.118 e. The first-order valence-electron chi connectivity index (χ1n) is 10.5. The molecule has 0 N–H and O–H groups in total. The Morgan fingerprint density at radius 1 is 1.00 bits per heavy atom. The van der Waals surface area contributed by atoms with Crippen LogP contribution in [0.5, 0.6) is 0 Å². The van der Waals surface area contributed by atoms with Gasteiger partial charge in [-0.05, 0) is 35.8 Å². The average molecular weight is 376 g/mol. The van der Waals surface area contributed by atoms with Crippen molar-refractivity contribution in [2.24, 2.45) is 5.92 Å². The number of hydrogen-bond donors (Lipinski definition) is 0. The molecule has 5 rings (SSSR count). The molecule has 0 aromatic heterocycles. The summed E-state index contributed by atoms with van der Waals surface area (Å²) < 4.78 is 5.71. The van der Waals surface area contributed by atoms with E-state index in [2.05, 4.69) is 95.6 Å². The number of morpholine rings is 1. The molecule has 3 aliphatic rings. The Morgan fingerprint density at radius 3 is 2.46 bits per heavy atom. The maximum atomic E-state index is 5.71. The third kappa shape index (κ3) is 2.44. The van der Waals surface area contributed by atoms with Crippen LogP contribution in [0.4, 0.5) is 5.69 Å². The van der Waals surface area contributed by atoms with Crippen molar-refractivity contribution >= 4 is 11.8 Å². The SMILES string of the molecule is CC[C@]1(N2CCOCC2)[C@H](C)[C@H]2c3ccccc3C=CN2N1c1ccccc1. The van der Waals surface area contributed by atoms with E-state index < -0.39 is 0 Å². The van der Waals surface area contributed by atoms with Gasteiger partial charge in [-0.3, -0.25) is 14.9 Å². The summed E-state index contributed by atoms with van der Waals surface area (Å²) in [5, 5.41) is 5.06. The van der Waals surface area contributed by atoms with Crippen molar-refractivity contribution in [2.75, 3.05) is 31.3 Å². The highest BCUT2D eigenvalue weighted by Crippen LogP contribution is 2.54. The molecule has 0 unspecified atom stereocenters. The Kier molecular flexibility index (Phi) is 4.41. The van der Waals surface area contributed by atoms with E-state index >= 15 is 0 Å². The van der Waals surface area contributed by atoms with Crippen LogP contribution in [0, 0.1) is 5.92 Å². The largest absolute Gasteiger partial charge is 0.379 e. The molecule has 0 bridgehead atoms. The number of nitrogens with zero attached hydrogens (tertiary/aromatic N) is 3. The third-order valence-corrected chi connectivity index (χ3v) is 6.89. The first kappa shape index (κ1) is 17.8. The highest BCUT2D eigenvalue weighted by atomic mass is 16.5. The molecule has 0 aliphatic carbocycles. The van der Waals surface area contributed by atoms with E-state index in [1.807, 2.05) is 0 Å². The fourth-order valence-corrected chi connectivity index (χ4v) is 5.65. The Balaban J connectivity index is 1.69. The van der Waals surface area contributed by atoms with Crippen LogP contribution in [0.3, 0.4) is 0 Å². The van der Waals surface area contributed by atoms with Crippen LogP contribution in [0.2, 0.25) is 0 Å². The molecular weight excluding hydrogens is 346 g/mol. The Bertz CT molecular complexity index is 861. The molecule has 3 heterocycles.